The number of halogens is 2. The summed E-state index contributed by atoms with van der Waals surface area (Å²) in [5.41, 5.74) is 3.52. The van der Waals surface area contributed by atoms with Crippen molar-refractivity contribution in [2.24, 2.45) is 5.41 Å². The molecule has 0 unspecified atom stereocenters. The molecule has 184 valence electrons. The number of H-pyrrole nitrogens is 1. The summed E-state index contributed by atoms with van der Waals surface area (Å²) in [4.78, 5) is 10.8. The first-order chi connectivity index (χ1) is 17.2. The lowest BCUT2D eigenvalue weighted by atomic mass is 9.84. The molecule has 10 heteroatoms. The lowest BCUT2D eigenvalue weighted by Gasteiger charge is -2.46. The highest BCUT2D eigenvalue weighted by molar-refractivity contribution is 6.35. The second-order valence-electron chi connectivity index (χ2n) is 9.63. The van der Waals surface area contributed by atoms with Gasteiger partial charge in [0.15, 0.2) is 11.5 Å². The zero-order valence-corrected chi connectivity index (χ0v) is 21.8. The average molecular weight is 523 g/mol. The lowest BCUT2D eigenvalue weighted by Crippen LogP contribution is -2.53. The summed E-state index contributed by atoms with van der Waals surface area (Å²) in [5.74, 6) is 1.72. The summed E-state index contributed by atoms with van der Waals surface area (Å²) >= 11 is 12.7. The number of rotatable bonds is 6. The van der Waals surface area contributed by atoms with Crippen molar-refractivity contribution in [1.29, 1.82) is 5.26 Å². The molecule has 0 bridgehead atoms. The summed E-state index contributed by atoms with van der Waals surface area (Å²) in [6, 6.07) is 7.79. The van der Waals surface area contributed by atoms with E-state index in [1.807, 2.05) is 25.1 Å². The number of nitrogens with one attached hydrogen (secondary N) is 1. The predicted octanol–water partition coefficient (Wildman–Crippen LogP) is 6.19. The highest BCUT2D eigenvalue weighted by Crippen LogP contribution is 2.41. The zero-order chi connectivity index (χ0) is 25.6. The van der Waals surface area contributed by atoms with Crippen LogP contribution in [0.1, 0.15) is 38.0 Å². The van der Waals surface area contributed by atoms with Crippen molar-refractivity contribution >= 4 is 39.9 Å². The molecule has 1 fully saturated rings. The SMILES string of the molecule is COc1cc2[nH]nc(-c3cnc(N4CC(C)(C)C4)c(C#N)c3)c2cc1O[C@H](C)c1c(Cl)cncc1Cl. The molecule has 1 N–H and O–H groups in total. The third kappa shape index (κ3) is 4.29. The van der Waals surface area contributed by atoms with Crippen LogP contribution in [-0.2, 0) is 0 Å². The number of benzene rings is 1. The number of anilines is 1. The van der Waals surface area contributed by atoms with E-state index in [9.17, 15) is 5.26 Å². The Morgan fingerprint density at radius 2 is 1.83 bits per heavy atom. The van der Waals surface area contributed by atoms with E-state index in [0.29, 0.717) is 44.2 Å². The molecule has 1 saturated heterocycles. The standard InChI is InChI=1S/C26H24Cl2N6O2/c1-14(23-18(27)10-30-11-19(23)28)36-22-6-17-20(7-21(22)35-4)32-33-24(17)16-5-15(8-29)25(31-9-16)34-12-26(2,3)13-34/h5-7,9-11,14H,12-13H2,1-4H3,(H,32,33)/t14-/m1/s1. The van der Waals surface area contributed by atoms with Gasteiger partial charge in [-0.2, -0.15) is 10.4 Å². The number of nitriles is 1. The number of hydrogen-bond acceptors (Lipinski definition) is 7. The lowest BCUT2D eigenvalue weighted by molar-refractivity contribution is 0.216. The van der Waals surface area contributed by atoms with E-state index >= 15 is 0 Å². The normalized spacial score (nSPS) is 15.3. The fraction of sp³-hybridized carbons (Fsp3) is 0.308. The van der Waals surface area contributed by atoms with Gasteiger partial charge in [-0.3, -0.25) is 10.1 Å². The number of aromatic nitrogens is 4. The third-order valence-electron chi connectivity index (χ3n) is 6.25. The minimum Gasteiger partial charge on any atom is -0.493 e. The number of ether oxygens (including phenoxy) is 2. The monoisotopic (exact) mass is 522 g/mol. The van der Waals surface area contributed by atoms with Crippen LogP contribution in [0.15, 0.2) is 36.8 Å². The largest absolute Gasteiger partial charge is 0.493 e. The van der Waals surface area contributed by atoms with Crippen LogP contribution in [-0.4, -0.2) is 40.4 Å². The van der Waals surface area contributed by atoms with Crippen molar-refractivity contribution in [2.75, 3.05) is 25.1 Å². The summed E-state index contributed by atoms with van der Waals surface area (Å²) < 4.78 is 11.8. The Labute approximate surface area is 218 Å². The molecule has 1 aliphatic rings. The van der Waals surface area contributed by atoms with Crippen molar-refractivity contribution in [2.45, 2.75) is 26.9 Å². The van der Waals surface area contributed by atoms with Gasteiger partial charge in [-0.05, 0) is 24.5 Å². The molecule has 1 atom stereocenters. The number of aromatic amines is 1. The quantitative estimate of drug-likeness (QED) is 0.322. The highest BCUT2D eigenvalue weighted by atomic mass is 35.5. The molecule has 0 spiro atoms. The van der Waals surface area contributed by atoms with Crippen LogP contribution in [0.3, 0.4) is 0 Å². The van der Waals surface area contributed by atoms with E-state index in [1.165, 1.54) is 12.4 Å². The number of hydrogen-bond donors (Lipinski definition) is 1. The predicted molar refractivity (Wildman–Crippen MR) is 140 cm³/mol. The van der Waals surface area contributed by atoms with Crippen LogP contribution in [0, 0.1) is 16.7 Å². The van der Waals surface area contributed by atoms with Gasteiger partial charge in [-0.15, -0.1) is 0 Å². The maximum Gasteiger partial charge on any atom is 0.162 e. The van der Waals surface area contributed by atoms with Gasteiger partial charge in [0.1, 0.15) is 23.7 Å². The summed E-state index contributed by atoms with van der Waals surface area (Å²) in [7, 11) is 1.57. The Kier molecular flexibility index (Phi) is 6.15. The molecule has 0 saturated carbocycles. The van der Waals surface area contributed by atoms with Gasteiger partial charge >= 0.3 is 0 Å². The van der Waals surface area contributed by atoms with Crippen LogP contribution in [0.2, 0.25) is 10.0 Å². The summed E-state index contributed by atoms with van der Waals surface area (Å²) in [6.45, 7) is 7.98. The molecule has 3 aromatic heterocycles. The van der Waals surface area contributed by atoms with Gasteiger partial charge in [0.2, 0.25) is 0 Å². The maximum atomic E-state index is 9.81. The highest BCUT2D eigenvalue weighted by Gasteiger charge is 2.36. The molecular weight excluding hydrogens is 499 g/mol. The van der Waals surface area contributed by atoms with E-state index in [-0.39, 0.29) is 5.41 Å². The second-order valence-corrected chi connectivity index (χ2v) is 10.4. The third-order valence-corrected chi connectivity index (χ3v) is 6.85. The molecule has 0 amide bonds. The number of pyridine rings is 2. The molecular formula is C26H24Cl2N6O2. The van der Waals surface area contributed by atoms with Gasteiger partial charge in [-0.1, -0.05) is 37.0 Å². The Morgan fingerprint density at radius 1 is 1.11 bits per heavy atom. The van der Waals surface area contributed by atoms with E-state index in [4.69, 9.17) is 32.7 Å². The molecule has 1 aromatic carbocycles. The first-order valence-electron chi connectivity index (χ1n) is 11.4. The van der Waals surface area contributed by atoms with Gasteiger partial charge in [0, 0.05) is 54.3 Å². The van der Waals surface area contributed by atoms with Gasteiger partial charge < -0.3 is 14.4 Å². The second kappa shape index (κ2) is 9.16. The fourth-order valence-corrected chi connectivity index (χ4v) is 5.29. The van der Waals surface area contributed by atoms with Crippen LogP contribution in [0.4, 0.5) is 5.82 Å². The Balaban J connectivity index is 1.52. The minimum absolute atomic E-state index is 0.225. The average Bonchev–Trinajstić information content (AvgIpc) is 3.24. The van der Waals surface area contributed by atoms with E-state index in [0.717, 1.165) is 29.6 Å². The fourth-order valence-electron chi connectivity index (χ4n) is 4.61. The van der Waals surface area contributed by atoms with Crippen molar-refractivity contribution in [3.05, 3.63) is 58.0 Å². The van der Waals surface area contributed by atoms with Crippen LogP contribution in [0.25, 0.3) is 22.2 Å². The van der Waals surface area contributed by atoms with Crippen LogP contribution >= 0.6 is 23.2 Å². The van der Waals surface area contributed by atoms with Gasteiger partial charge in [-0.25, -0.2) is 4.98 Å². The van der Waals surface area contributed by atoms with Crippen LogP contribution in [0.5, 0.6) is 11.5 Å². The smallest absolute Gasteiger partial charge is 0.162 e. The Hall–Kier alpha value is -3.54. The molecule has 1 aliphatic heterocycles. The number of methoxy groups -OCH3 is 1. The van der Waals surface area contributed by atoms with Crippen molar-refractivity contribution in [3.8, 4) is 28.8 Å². The topological polar surface area (TPSA) is 100.0 Å². The van der Waals surface area contributed by atoms with E-state index in [1.54, 1.807) is 13.3 Å². The van der Waals surface area contributed by atoms with Gasteiger partial charge in [0.25, 0.3) is 0 Å². The summed E-state index contributed by atoms with van der Waals surface area (Å²) in [6.07, 6.45) is 4.34. The van der Waals surface area contributed by atoms with Gasteiger partial charge in [0.05, 0.1) is 28.2 Å². The number of fused-ring (bicyclic) bond motifs is 1. The molecule has 0 aliphatic carbocycles. The zero-order valence-electron chi connectivity index (χ0n) is 20.3. The van der Waals surface area contributed by atoms with E-state index in [2.05, 4.69) is 45.0 Å². The molecule has 5 rings (SSSR count). The molecule has 0 radical (unpaired) electrons. The minimum atomic E-state index is -0.471. The van der Waals surface area contributed by atoms with Crippen molar-refractivity contribution in [1.82, 2.24) is 20.2 Å². The molecule has 4 heterocycles. The van der Waals surface area contributed by atoms with Crippen molar-refractivity contribution in [3.63, 3.8) is 0 Å². The number of nitrogens with zero attached hydrogens (tertiary/aromatic N) is 5. The Bertz CT molecular complexity index is 1480. The molecule has 4 aromatic rings. The van der Waals surface area contributed by atoms with Crippen LogP contribution < -0.4 is 14.4 Å². The first kappa shape index (κ1) is 24.2. The maximum absolute atomic E-state index is 9.81. The first-order valence-corrected chi connectivity index (χ1v) is 12.1. The molecule has 8 nitrogen and oxygen atoms in total. The molecule has 36 heavy (non-hydrogen) atoms. The van der Waals surface area contributed by atoms with Crippen molar-refractivity contribution < 1.29 is 9.47 Å². The Morgan fingerprint density at radius 3 is 2.47 bits per heavy atom. The summed E-state index contributed by atoms with van der Waals surface area (Å²) in [5, 5.41) is 19.0. The van der Waals surface area contributed by atoms with E-state index < -0.39 is 6.10 Å².